The second kappa shape index (κ2) is 7.32. The molecule has 1 N–H and O–H groups in total. The number of fused-ring (bicyclic) bond motifs is 1. The number of hydrogen-bond donors (Lipinski definition) is 1. The van der Waals surface area contributed by atoms with E-state index in [1.807, 2.05) is 36.4 Å². The number of aromatic nitrogens is 2. The van der Waals surface area contributed by atoms with Gasteiger partial charge in [-0.2, -0.15) is 0 Å². The van der Waals surface area contributed by atoms with Crippen LogP contribution in [0.2, 0.25) is 0 Å². The lowest BCUT2D eigenvalue weighted by Crippen LogP contribution is -2.14. The first-order valence-electron chi connectivity index (χ1n) is 8.41. The van der Waals surface area contributed by atoms with Crippen molar-refractivity contribution in [2.24, 2.45) is 4.99 Å². The summed E-state index contributed by atoms with van der Waals surface area (Å²) in [7, 11) is -3.95. The Morgan fingerprint density at radius 1 is 1.07 bits per heavy atom. The number of rotatable bonds is 5. The minimum Gasteiger partial charge on any atom is -0.280 e. The van der Waals surface area contributed by atoms with E-state index in [1.165, 1.54) is 0 Å². The standard InChI is InChI=1S/C20H15FN4O2S/c21-15-9-18(13-22-12-15)28(26,27)25-17-5-4-14-11-24-20(19(14)10-17)7-6-16-3-1-2-8-23-16/h1-10,12-13,25H,11H2/b7-6+. The fraction of sp³-hybridized carbons (Fsp3) is 0.0500. The van der Waals surface area contributed by atoms with Crippen LogP contribution in [0.15, 0.2) is 77.0 Å². The van der Waals surface area contributed by atoms with E-state index in [9.17, 15) is 12.8 Å². The lowest BCUT2D eigenvalue weighted by molar-refractivity contribution is 0.592. The van der Waals surface area contributed by atoms with Gasteiger partial charge in [-0.3, -0.25) is 19.7 Å². The lowest BCUT2D eigenvalue weighted by Gasteiger charge is -2.10. The van der Waals surface area contributed by atoms with E-state index in [2.05, 4.69) is 19.7 Å². The van der Waals surface area contributed by atoms with Crippen LogP contribution in [0.5, 0.6) is 0 Å². The molecule has 1 aliphatic heterocycles. The summed E-state index contributed by atoms with van der Waals surface area (Å²) in [4.78, 5) is 12.1. The van der Waals surface area contributed by atoms with Crippen molar-refractivity contribution >= 4 is 27.5 Å². The van der Waals surface area contributed by atoms with Crippen LogP contribution >= 0.6 is 0 Å². The number of benzene rings is 1. The summed E-state index contributed by atoms with van der Waals surface area (Å²) in [6.45, 7) is 0.526. The van der Waals surface area contributed by atoms with E-state index < -0.39 is 15.8 Å². The number of allylic oxidation sites excluding steroid dienone is 1. The van der Waals surface area contributed by atoms with Gasteiger partial charge in [-0.25, -0.2) is 12.8 Å². The number of hydrogen-bond acceptors (Lipinski definition) is 5. The summed E-state index contributed by atoms with van der Waals surface area (Å²) >= 11 is 0. The number of sulfonamides is 1. The zero-order valence-electron chi connectivity index (χ0n) is 14.6. The fourth-order valence-electron chi connectivity index (χ4n) is 2.81. The molecule has 4 rings (SSSR count). The van der Waals surface area contributed by atoms with Gasteiger partial charge in [0, 0.05) is 23.6 Å². The first-order valence-corrected chi connectivity index (χ1v) is 9.90. The van der Waals surface area contributed by atoms with Gasteiger partial charge >= 0.3 is 0 Å². The maximum absolute atomic E-state index is 13.3. The van der Waals surface area contributed by atoms with Crippen molar-refractivity contribution < 1.29 is 12.8 Å². The van der Waals surface area contributed by atoms with Gasteiger partial charge in [-0.15, -0.1) is 0 Å². The number of nitrogens with zero attached hydrogens (tertiary/aromatic N) is 3. The van der Waals surface area contributed by atoms with E-state index in [-0.39, 0.29) is 4.90 Å². The third-order valence-electron chi connectivity index (χ3n) is 4.15. The number of nitrogens with one attached hydrogen (secondary N) is 1. The highest BCUT2D eigenvalue weighted by Gasteiger charge is 2.19. The molecule has 6 nitrogen and oxygen atoms in total. The maximum atomic E-state index is 13.3. The Morgan fingerprint density at radius 3 is 2.75 bits per heavy atom. The average Bonchev–Trinajstić information content (AvgIpc) is 3.09. The molecule has 0 aliphatic carbocycles. The minimum absolute atomic E-state index is 0.239. The summed E-state index contributed by atoms with van der Waals surface area (Å²) in [5, 5.41) is 0. The van der Waals surface area contributed by atoms with Crippen LogP contribution in [0.4, 0.5) is 10.1 Å². The number of aliphatic imine (C=N–C) groups is 1. The van der Waals surface area contributed by atoms with Gasteiger partial charge in [-0.05, 0) is 48.0 Å². The molecule has 0 saturated carbocycles. The summed E-state index contributed by atoms with van der Waals surface area (Å²) in [6, 6.07) is 11.7. The molecule has 1 aromatic carbocycles. The molecule has 0 saturated heterocycles. The van der Waals surface area contributed by atoms with E-state index in [0.29, 0.717) is 12.2 Å². The Balaban J connectivity index is 1.59. The van der Waals surface area contributed by atoms with Gasteiger partial charge in [-0.1, -0.05) is 12.1 Å². The van der Waals surface area contributed by atoms with E-state index in [1.54, 1.807) is 18.3 Å². The molecule has 0 fully saturated rings. The van der Waals surface area contributed by atoms with E-state index >= 15 is 0 Å². The predicted octanol–water partition coefficient (Wildman–Crippen LogP) is 3.43. The molecule has 0 radical (unpaired) electrons. The number of pyridine rings is 2. The van der Waals surface area contributed by atoms with Crippen LogP contribution in [-0.2, 0) is 16.6 Å². The van der Waals surface area contributed by atoms with E-state index in [4.69, 9.17) is 0 Å². The molecule has 8 heteroatoms. The second-order valence-electron chi connectivity index (χ2n) is 6.11. The van der Waals surface area contributed by atoms with Crippen molar-refractivity contribution in [2.45, 2.75) is 11.4 Å². The van der Waals surface area contributed by atoms with Crippen molar-refractivity contribution in [2.75, 3.05) is 4.72 Å². The highest BCUT2D eigenvalue weighted by atomic mass is 32.2. The van der Waals surface area contributed by atoms with Gasteiger partial charge in [0.2, 0.25) is 0 Å². The monoisotopic (exact) mass is 394 g/mol. The molecular weight excluding hydrogens is 379 g/mol. The Bertz CT molecular complexity index is 1190. The molecule has 0 unspecified atom stereocenters. The van der Waals surface area contributed by atoms with Crippen molar-refractivity contribution in [3.8, 4) is 0 Å². The molecule has 2 aromatic heterocycles. The highest BCUT2D eigenvalue weighted by Crippen LogP contribution is 2.25. The Kier molecular flexibility index (Phi) is 4.70. The smallest absolute Gasteiger partial charge is 0.263 e. The molecule has 0 spiro atoms. The first kappa shape index (κ1) is 18.0. The van der Waals surface area contributed by atoms with Crippen molar-refractivity contribution in [3.05, 3.63) is 89.8 Å². The Hall–Kier alpha value is -3.39. The quantitative estimate of drug-likeness (QED) is 0.719. The molecule has 3 aromatic rings. The molecule has 28 heavy (non-hydrogen) atoms. The molecule has 140 valence electrons. The SMILES string of the molecule is O=S(=O)(Nc1ccc2c(c1)C(/C=C/c1ccccn1)=NC2)c1cncc(F)c1. The van der Waals surface area contributed by atoms with Crippen LogP contribution < -0.4 is 4.72 Å². The second-order valence-corrected chi connectivity index (χ2v) is 7.79. The molecule has 1 aliphatic rings. The normalized spacial score (nSPS) is 13.4. The van der Waals surface area contributed by atoms with Crippen LogP contribution in [0.25, 0.3) is 6.08 Å². The highest BCUT2D eigenvalue weighted by molar-refractivity contribution is 7.92. The van der Waals surface area contributed by atoms with Crippen molar-refractivity contribution in [3.63, 3.8) is 0 Å². The first-order chi connectivity index (χ1) is 13.5. The Labute approximate surface area is 161 Å². The summed E-state index contributed by atoms with van der Waals surface area (Å²) in [5.74, 6) is -0.717. The molecule has 3 heterocycles. The third kappa shape index (κ3) is 3.81. The summed E-state index contributed by atoms with van der Waals surface area (Å²) in [5.41, 5.74) is 3.74. The van der Waals surface area contributed by atoms with Gasteiger partial charge < -0.3 is 0 Å². The summed E-state index contributed by atoms with van der Waals surface area (Å²) < 4.78 is 40.7. The maximum Gasteiger partial charge on any atom is 0.263 e. The number of anilines is 1. The van der Waals surface area contributed by atoms with Crippen molar-refractivity contribution in [1.29, 1.82) is 0 Å². The lowest BCUT2D eigenvalue weighted by atomic mass is 10.0. The topological polar surface area (TPSA) is 84.3 Å². The van der Waals surface area contributed by atoms with Gasteiger partial charge in [0.1, 0.15) is 10.7 Å². The molecule has 0 amide bonds. The van der Waals surface area contributed by atoms with Crippen LogP contribution in [-0.4, -0.2) is 24.1 Å². The van der Waals surface area contributed by atoms with Crippen molar-refractivity contribution in [1.82, 2.24) is 9.97 Å². The number of halogens is 1. The summed E-state index contributed by atoms with van der Waals surface area (Å²) in [6.07, 6.45) is 7.46. The zero-order chi connectivity index (χ0) is 19.6. The predicted molar refractivity (Wildman–Crippen MR) is 105 cm³/mol. The average molecular weight is 394 g/mol. The van der Waals surface area contributed by atoms with Gasteiger partial charge in [0.05, 0.1) is 24.1 Å². The van der Waals surface area contributed by atoms with Crippen LogP contribution in [0.3, 0.4) is 0 Å². The van der Waals surface area contributed by atoms with Crippen LogP contribution in [0, 0.1) is 5.82 Å². The van der Waals surface area contributed by atoms with Gasteiger partial charge in [0.15, 0.2) is 0 Å². The Morgan fingerprint density at radius 2 is 1.96 bits per heavy atom. The fourth-order valence-corrected chi connectivity index (χ4v) is 3.83. The minimum atomic E-state index is -3.95. The van der Waals surface area contributed by atoms with Gasteiger partial charge in [0.25, 0.3) is 10.0 Å². The van der Waals surface area contributed by atoms with E-state index in [0.717, 1.165) is 41.0 Å². The third-order valence-corrected chi connectivity index (χ3v) is 5.50. The molecule has 0 atom stereocenters. The van der Waals surface area contributed by atoms with Crippen LogP contribution in [0.1, 0.15) is 16.8 Å². The molecular formula is C20H15FN4O2S. The molecule has 0 bridgehead atoms. The largest absolute Gasteiger partial charge is 0.280 e. The zero-order valence-corrected chi connectivity index (χ0v) is 15.4.